The number of aryl methyl sites for hydroxylation is 1. The molecule has 0 saturated heterocycles. The van der Waals surface area contributed by atoms with Crippen molar-refractivity contribution in [3.63, 3.8) is 0 Å². The molecule has 2 aromatic rings. The van der Waals surface area contributed by atoms with Crippen LogP contribution in [0, 0.1) is 6.92 Å². The summed E-state index contributed by atoms with van der Waals surface area (Å²) in [7, 11) is 0. The van der Waals surface area contributed by atoms with Gasteiger partial charge in [-0.2, -0.15) is 0 Å². The second-order valence-electron chi connectivity index (χ2n) is 4.84. The zero-order valence-corrected chi connectivity index (χ0v) is 15.0. The first kappa shape index (κ1) is 17.6. The largest absolute Gasteiger partial charge is 0.350 e. The molecule has 1 heterocycles. The van der Waals surface area contributed by atoms with Crippen LogP contribution in [0.1, 0.15) is 27.5 Å². The molecule has 0 aliphatic rings. The minimum atomic E-state index is -0.299. The molecular weight excluding hydrogens is 380 g/mol. The van der Waals surface area contributed by atoms with E-state index in [9.17, 15) is 9.59 Å². The Kier molecular flexibility index (Phi) is 6.26. The highest BCUT2D eigenvalue weighted by atomic mass is 79.9. The van der Waals surface area contributed by atoms with Crippen molar-refractivity contribution in [1.82, 2.24) is 10.3 Å². The molecule has 122 valence electrons. The van der Waals surface area contributed by atoms with Crippen LogP contribution in [0.5, 0.6) is 0 Å². The van der Waals surface area contributed by atoms with Gasteiger partial charge in [0.25, 0.3) is 5.91 Å². The number of benzene rings is 1. The van der Waals surface area contributed by atoms with Crippen molar-refractivity contribution in [2.75, 3.05) is 11.9 Å². The fourth-order valence-corrected chi connectivity index (χ4v) is 2.85. The van der Waals surface area contributed by atoms with Gasteiger partial charge in [-0.05, 0) is 24.6 Å². The molecule has 0 saturated carbocycles. The number of rotatable bonds is 6. The lowest BCUT2D eigenvalue weighted by atomic mass is 10.2. The van der Waals surface area contributed by atoms with Crippen LogP contribution in [0.25, 0.3) is 0 Å². The zero-order valence-electron chi connectivity index (χ0n) is 12.6. The standard InChI is InChI=1S/C15H17BrN4O2S/c1-9-2-3-10(16)6-11(9)19-13(21)4-5-18-15(22)12-8-23-14(7-17)20-12/h2-3,6,8H,4-5,7,17H2,1H3,(H,18,22)(H,19,21). The highest BCUT2D eigenvalue weighted by Crippen LogP contribution is 2.20. The van der Waals surface area contributed by atoms with Crippen molar-refractivity contribution in [1.29, 1.82) is 0 Å². The number of anilines is 1. The highest BCUT2D eigenvalue weighted by molar-refractivity contribution is 9.10. The predicted octanol–water partition coefficient (Wildman–Crippen LogP) is 2.43. The van der Waals surface area contributed by atoms with Crippen LogP contribution in [0.4, 0.5) is 5.69 Å². The lowest BCUT2D eigenvalue weighted by Gasteiger charge is -2.09. The van der Waals surface area contributed by atoms with E-state index in [4.69, 9.17) is 5.73 Å². The van der Waals surface area contributed by atoms with Crippen LogP contribution in [0.3, 0.4) is 0 Å². The van der Waals surface area contributed by atoms with Gasteiger partial charge < -0.3 is 16.4 Å². The highest BCUT2D eigenvalue weighted by Gasteiger charge is 2.11. The van der Waals surface area contributed by atoms with Crippen molar-refractivity contribution in [2.45, 2.75) is 19.9 Å². The van der Waals surface area contributed by atoms with E-state index < -0.39 is 0 Å². The molecule has 0 atom stereocenters. The van der Waals surface area contributed by atoms with E-state index in [1.807, 2.05) is 25.1 Å². The van der Waals surface area contributed by atoms with Gasteiger partial charge in [0.05, 0.1) is 0 Å². The van der Waals surface area contributed by atoms with E-state index in [0.29, 0.717) is 17.2 Å². The summed E-state index contributed by atoms with van der Waals surface area (Å²) >= 11 is 4.71. The average molecular weight is 397 g/mol. The molecule has 0 fully saturated rings. The number of aromatic nitrogens is 1. The molecule has 0 bridgehead atoms. The van der Waals surface area contributed by atoms with Crippen molar-refractivity contribution >= 4 is 44.8 Å². The Morgan fingerprint density at radius 3 is 2.87 bits per heavy atom. The fourth-order valence-electron chi connectivity index (χ4n) is 1.83. The van der Waals surface area contributed by atoms with Crippen molar-refractivity contribution in [3.8, 4) is 0 Å². The monoisotopic (exact) mass is 396 g/mol. The van der Waals surface area contributed by atoms with Gasteiger partial charge in [-0.1, -0.05) is 22.0 Å². The Balaban J connectivity index is 1.80. The maximum Gasteiger partial charge on any atom is 0.270 e. The summed E-state index contributed by atoms with van der Waals surface area (Å²) in [5.41, 5.74) is 7.52. The molecule has 23 heavy (non-hydrogen) atoms. The summed E-state index contributed by atoms with van der Waals surface area (Å²) < 4.78 is 0.894. The van der Waals surface area contributed by atoms with Gasteiger partial charge in [0.1, 0.15) is 10.7 Å². The van der Waals surface area contributed by atoms with Crippen LogP contribution in [0.15, 0.2) is 28.1 Å². The fraction of sp³-hybridized carbons (Fsp3) is 0.267. The quantitative estimate of drug-likeness (QED) is 0.698. The summed E-state index contributed by atoms with van der Waals surface area (Å²) in [6.07, 6.45) is 0.186. The van der Waals surface area contributed by atoms with Crippen LogP contribution < -0.4 is 16.4 Å². The second kappa shape index (κ2) is 8.19. The Labute approximate surface area is 146 Å². The third-order valence-electron chi connectivity index (χ3n) is 3.07. The van der Waals surface area contributed by atoms with E-state index in [1.165, 1.54) is 11.3 Å². The maximum atomic E-state index is 11.9. The van der Waals surface area contributed by atoms with Gasteiger partial charge in [-0.3, -0.25) is 9.59 Å². The number of carbonyl (C=O) groups excluding carboxylic acids is 2. The first-order valence-corrected chi connectivity index (χ1v) is 8.65. The Hall–Kier alpha value is -1.77. The third kappa shape index (κ3) is 5.12. The Morgan fingerprint density at radius 2 is 2.17 bits per heavy atom. The number of hydrogen-bond donors (Lipinski definition) is 3. The number of amides is 2. The van der Waals surface area contributed by atoms with E-state index >= 15 is 0 Å². The molecule has 1 aromatic heterocycles. The van der Waals surface area contributed by atoms with Gasteiger partial charge in [-0.25, -0.2) is 4.98 Å². The molecule has 8 heteroatoms. The number of hydrogen-bond acceptors (Lipinski definition) is 5. The summed E-state index contributed by atoms with van der Waals surface area (Å²) in [6, 6.07) is 5.67. The van der Waals surface area contributed by atoms with Crippen molar-refractivity contribution in [3.05, 3.63) is 44.3 Å². The Morgan fingerprint density at radius 1 is 1.39 bits per heavy atom. The molecule has 0 unspecified atom stereocenters. The molecular formula is C15H17BrN4O2S. The molecule has 0 aliphatic heterocycles. The lowest BCUT2D eigenvalue weighted by Crippen LogP contribution is -2.28. The van der Waals surface area contributed by atoms with E-state index in [1.54, 1.807) is 5.38 Å². The van der Waals surface area contributed by atoms with Gasteiger partial charge in [0.15, 0.2) is 0 Å². The van der Waals surface area contributed by atoms with Gasteiger partial charge in [0.2, 0.25) is 5.91 Å². The predicted molar refractivity (Wildman–Crippen MR) is 94.5 cm³/mol. The summed E-state index contributed by atoms with van der Waals surface area (Å²) in [4.78, 5) is 27.9. The second-order valence-corrected chi connectivity index (χ2v) is 6.70. The Bertz CT molecular complexity index is 717. The van der Waals surface area contributed by atoms with Gasteiger partial charge in [-0.15, -0.1) is 11.3 Å². The minimum absolute atomic E-state index is 0.160. The molecule has 6 nitrogen and oxygen atoms in total. The molecule has 2 rings (SSSR count). The SMILES string of the molecule is Cc1ccc(Br)cc1NC(=O)CCNC(=O)c1csc(CN)n1. The van der Waals surface area contributed by atoms with E-state index in [2.05, 4.69) is 31.5 Å². The molecule has 2 amide bonds. The molecule has 0 aliphatic carbocycles. The van der Waals surface area contributed by atoms with Crippen LogP contribution in [-0.4, -0.2) is 23.3 Å². The van der Waals surface area contributed by atoms with Crippen LogP contribution >= 0.6 is 27.3 Å². The smallest absolute Gasteiger partial charge is 0.270 e. The molecule has 0 spiro atoms. The minimum Gasteiger partial charge on any atom is -0.350 e. The average Bonchev–Trinajstić information content (AvgIpc) is 3.00. The number of carbonyl (C=O) groups is 2. The first-order chi connectivity index (χ1) is 11.0. The summed E-state index contributed by atoms with van der Waals surface area (Å²) in [5.74, 6) is -0.459. The zero-order chi connectivity index (χ0) is 16.8. The van der Waals surface area contributed by atoms with Gasteiger partial charge >= 0.3 is 0 Å². The van der Waals surface area contributed by atoms with Crippen molar-refractivity contribution in [2.24, 2.45) is 5.73 Å². The normalized spacial score (nSPS) is 10.4. The molecule has 1 aromatic carbocycles. The number of nitrogens with zero attached hydrogens (tertiary/aromatic N) is 1. The topological polar surface area (TPSA) is 97.1 Å². The molecule has 4 N–H and O–H groups in total. The van der Waals surface area contributed by atoms with E-state index in [-0.39, 0.29) is 24.8 Å². The lowest BCUT2D eigenvalue weighted by molar-refractivity contribution is -0.116. The van der Waals surface area contributed by atoms with Gasteiger partial charge in [0, 0.05) is 35.1 Å². The van der Waals surface area contributed by atoms with Crippen LogP contribution in [-0.2, 0) is 11.3 Å². The summed E-state index contributed by atoms with van der Waals surface area (Å²) in [6.45, 7) is 2.47. The molecule has 0 radical (unpaired) electrons. The van der Waals surface area contributed by atoms with E-state index in [0.717, 1.165) is 15.7 Å². The van der Waals surface area contributed by atoms with Crippen molar-refractivity contribution < 1.29 is 9.59 Å². The maximum absolute atomic E-state index is 11.9. The number of nitrogens with one attached hydrogen (secondary N) is 2. The number of halogens is 1. The third-order valence-corrected chi connectivity index (χ3v) is 4.43. The summed E-state index contributed by atoms with van der Waals surface area (Å²) in [5, 5.41) is 7.86. The number of nitrogens with two attached hydrogens (primary N) is 1. The first-order valence-electron chi connectivity index (χ1n) is 6.98. The number of thiazole rings is 1. The van der Waals surface area contributed by atoms with Crippen LogP contribution in [0.2, 0.25) is 0 Å².